The number of rotatable bonds is 6. The van der Waals surface area contributed by atoms with Crippen molar-refractivity contribution in [1.82, 2.24) is 0 Å². The third-order valence-electron chi connectivity index (χ3n) is 7.36. The van der Waals surface area contributed by atoms with Crippen molar-refractivity contribution in [3.8, 4) is 11.1 Å². The van der Waals surface area contributed by atoms with E-state index in [2.05, 4.69) is 5.32 Å². The fourth-order valence-corrected chi connectivity index (χ4v) is 5.77. The number of epoxide rings is 1. The van der Waals surface area contributed by atoms with Crippen LogP contribution in [-0.2, 0) is 25.5 Å². The van der Waals surface area contributed by atoms with E-state index in [0.29, 0.717) is 16.8 Å². The highest BCUT2D eigenvalue weighted by Gasteiger charge is 2.73. The molecule has 2 aromatic rings. The molecule has 0 aliphatic carbocycles. The van der Waals surface area contributed by atoms with Gasteiger partial charge in [-0.15, -0.1) is 4.65 Å². The van der Waals surface area contributed by atoms with Crippen molar-refractivity contribution >= 4 is 17.7 Å². The first-order valence-corrected chi connectivity index (χ1v) is 12.6. The normalized spacial score (nSPS) is 28.7. The number of piperidine rings is 1. The van der Waals surface area contributed by atoms with E-state index in [9.17, 15) is 9.59 Å². The Morgan fingerprint density at radius 3 is 2.40 bits per heavy atom. The van der Waals surface area contributed by atoms with E-state index in [1.165, 1.54) is 0 Å². The second-order valence-corrected chi connectivity index (χ2v) is 11.0. The molecule has 5 rings (SSSR count). The van der Waals surface area contributed by atoms with Crippen LogP contribution >= 0.6 is 0 Å². The molecule has 0 spiro atoms. The Morgan fingerprint density at radius 1 is 1.06 bits per heavy atom. The summed E-state index contributed by atoms with van der Waals surface area (Å²) < 4.78 is 11.6. The third kappa shape index (κ3) is 4.93. The van der Waals surface area contributed by atoms with Gasteiger partial charge >= 0.3 is 12.1 Å². The average molecular weight is 480 g/mol. The minimum absolute atomic E-state index is 0.207. The van der Waals surface area contributed by atoms with Crippen LogP contribution in [0.1, 0.15) is 52.0 Å². The Balaban J connectivity index is 1.33. The Bertz CT molecular complexity index is 1090. The SMILES string of the molecule is CC(C)(C)OC(=O)CCc1ccc(-c2ccccc2)c(NC(=O)O[N+]2(C)[C@@H]3CCC[C@H]2[C@@H]2O[C@@H]23)c1. The maximum absolute atomic E-state index is 13.2. The smallest absolute Gasteiger partial charge is 0.460 e. The molecule has 3 aliphatic rings. The fraction of sp³-hybridized carbons (Fsp3) is 0.500. The van der Waals surface area contributed by atoms with Crippen molar-refractivity contribution in [2.45, 2.75) is 82.8 Å². The van der Waals surface area contributed by atoms with E-state index in [0.717, 1.165) is 36.0 Å². The van der Waals surface area contributed by atoms with Crippen LogP contribution in [0.5, 0.6) is 0 Å². The number of ether oxygens (including phenoxy) is 2. The highest BCUT2D eigenvalue weighted by atomic mass is 16.8. The van der Waals surface area contributed by atoms with E-state index in [1.807, 2.05) is 76.3 Å². The van der Waals surface area contributed by atoms with Gasteiger partial charge in [-0.25, -0.2) is 4.79 Å². The Labute approximate surface area is 206 Å². The number of nitrogens with one attached hydrogen (secondary N) is 1. The number of fused-ring (bicyclic) bond motifs is 5. The second kappa shape index (κ2) is 8.95. The van der Waals surface area contributed by atoms with Crippen LogP contribution in [0.3, 0.4) is 0 Å². The van der Waals surface area contributed by atoms with Crippen molar-refractivity contribution < 1.29 is 28.5 Å². The zero-order valence-electron chi connectivity index (χ0n) is 21.0. The molecule has 35 heavy (non-hydrogen) atoms. The summed E-state index contributed by atoms with van der Waals surface area (Å²) in [5.41, 5.74) is 3.00. The lowest BCUT2D eigenvalue weighted by molar-refractivity contribution is -1.11. The Morgan fingerprint density at radius 2 is 1.74 bits per heavy atom. The number of aryl methyl sites for hydroxylation is 1. The van der Waals surface area contributed by atoms with Crippen LogP contribution in [0, 0.1) is 0 Å². The summed E-state index contributed by atoms with van der Waals surface area (Å²) in [4.78, 5) is 31.5. The second-order valence-electron chi connectivity index (χ2n) is 11.0. The van der Waals surface area contributed by atoms with Crippen molar-refractivity contribution in [3.63, 3.8) is 0 Å². The van der Waals surface area contributed by atoms with Crippen molar-refractivity contribution in [2.75, 3.05) is 12.4 Å². The van der Waals surface area contributed by atoms with Crippen LogP contribution < -0.4 is 5.32 Å². The molecule has 7 nitrogen and oxygen atoms in total. The van der Waals surface area contributed by atoms with Crippen LogP contribution in [0.2, 0.25) is 0 Å². The van der Waals surface area contributed by atoms with Gasteiger partial charge in [0, 0.05) is 24.8 Å². The van der Waals surface area contributed by atoms with Gasteiger partial charge in [0.15, 0.2) is 12.1 Å². The van der Waals surface area contributed by atoms with Crippen LogP contribution in [0.4, 0.5) is 10.5 Å². The molecule has 3 fully saturated rings. The van der Waals surface area contributed by atoms with Gasteiger partial charge in [0.1, 0.15) is 24.9 Å². The monoisotopic (exact) mass is 479 g/mol. The van der Waals surface area contributed by atoms with Crippen LogP contribution in [0.25, 0.3) is 11.1 Å². The molecular weight excluding hydrogens is 444 g/mol. The molecule has 3 aliphatic heterocycles. The topological polar surface area (TPSA) is 77.2 Å². The predicted octanol–water partition coefficient (Wildman–Crippen LogP) is 5.24. The van der Waals surface area contributed by atoms with Crippen molar-refractivity contribution in [3.05, 3.63) is 54.1 Å². The zero-order chi connectivity index (χ0) is 24.8. The van der Waals surface area contributed by atoms with E-state index < -0.39 is 11.7 Å². The lowest BCUT2D eigenvalue weighted by Crippen LogP contribution is -2.60. The van der Waals surface area contributed by atoms with Gasteiger partial charge in [-0.1, -0.05) is 42.5 Å². The number of hydroxylamine groups is 3. The highest BCUT2D eigenvalue weighted by molar-refractivity contribution is 5.91. The van der Waals surface area contributed by atoms with E-state index >= 15 is 0 Å². The van der Waals surface area contributed by atoms with Crippen molar-refractivity contribution in [1.29, 1.82) is 0 Å². The van der Waals surface area contributed by atoms with Gasteiger partial charge in [-0.05, 0) is 50.8 Å². The molecule has 3 heterocycles. The molecule has 186 valence electrons. The molecule has 1 amide bonds. The minimum Gasteiger partial charge on any atom is -0.460 e. The van der Waals surface area contributed by atoms with Gasteiger partial charge in [-0.3, -0.25) is 14.9 Å². The average Bonchev–Trinajstić information content (AvgIpc) is 3.55. The number of likely N-dealkylation sites (N-methyl/N-ethyl adjacent to an activating group) is 1. The molecule has 1 unspecified atom stereocenters. The predicted molar refractivity (Wildman–Crippen MR) is 132 cm³/mol. The summed E-state index contributed by atoms with van der Waals surface area (Å²) in [5, 5.41) is 3.01. The number of benzene rings is 2. The lowest BCUT2D eigenvalue weighted by atomic mass is 9.99. The third-order valence-corrected chi connectivity index (χ3v) is 7.36. The van der Waals surface area contributed by atoms with E-state index in [4.69, 9.17) is 14.3 Å². The fourth-order valence-electron chi connectivity index (χ4n) is 5.77. The number of nitrogens with zero attached hydrogens (tertiary/aromatic N) is 1. The number of esters is 1. The van der Waals surface area contributed by atoms with Gasteiger partial charge in [0.05, 0.1) is 5.69 Å². The van der Waals surface area contributed by atoms with E-state index in [1.54, 1.807) is 0 Å². The summed E-state index contributed by atoms with van der Waals surface area (Å²) in [5.74, 6) is -0.239. The molecule has 0 radical (unpaired) electrons. The van der Waals surface area contributed by atoms with Gasteiger partial charge in [-0.2, -0.15) is 0 Å². The summed E-state index contributed by atoms with van der Waals surface area (Å²) in [6.45, 7) is 5.58. The molecule has 0 aromatic heterocycles. The molecule has 2 bridgehead atoms. The van der Waals surface area contributed by atoms with Gasteiger partial charge in [0.25, 0.3) is 0 Å². The number of carbonyl (C=O) groups excluding carboxylic acids is 2. The van der Waals surface area contributed by atoms with Gasteiger partial charge in [0.2, 0.25) is 0 Å². The summed E-state index contributed by atoms with van der Waals surface area (Å²) in [7, 11) is 2.01. The Kier molecular flexibility index (Phi) is 6.09. The molecule has 0 saturated carbocycles. The number of morpholine rings is 1. The van der Waals surface area contributed by atoms with E-state index in [-0.39, 0.29) is 36.7 Å². The maximum atomic E-state index is 13.2. The first-order chi connectivity index (χ1) is 16.6. The molecular formula is C28H35N2O5+. The molecule has 5 atom stereocenters. The number of hydrogen-bond acceptors (Lipinski definition) is 5. The Hall–Kier alpha value is -2.90. The zero-order valence-corrected chi connectivity index (χ0v) is 21.0. The quantitative estimate of drug-likeness (QED) is 0.348. The number of hydrogen-bond donors (Lipinski definition) is 1. The standard InChI is InChI=1S/C28H34N2O5/c1-28(2,3)34-24(31)16-14-18-13-15-20(19-9-6-5-7-10-19)21(17-18)29-27(32)35-30(4)22-11-8-12-23(30)26-25(22)33-26/h5-7,9-10,13,15,17,22-23,25-26H,8,11-12,14,16H2,1-4H3/p+1/t22-,23+,25-,26+,30?. The molecule has 3 saturated heterocycles. The summed E-state index contributed by atoms with van der Waals surface area (Å²) in [6.07, 6.45) is 3.94. The molecule has 1 N–H and O–H groups in total. The molecule has 2 aromatic carbocycles. The molecule has 7 heteroatoms. The van der Waals surface area contributed by atoms with Crippen molar-refractivity contribution in [2.24, 2.45) is 0 Å². The largest absolute Gasteiger partial charge is 0.466 e. The number of amides is 1. The number of carbonyl (C=O) groups is 2. The minimum atomic E-state index is -0.511. The first kappa shape index (κ1) is 23.8. The van der Waals surface area contributed by atoms with Crippen LogP contribution in [-0.4, -0.2) is 53.6 Å². The van der Waals surface area contributed by atoms with Crippen LogP contribution in [0.15, 0.2) is 48.5 Å². The number of quaternary nitrogens is 1. The maximum Gasteiger partial charge on any atom is 0.466 e. The highest BCUT2D eigenvalue weighted by Crippen LogP contribution is 2.52. The summed E-state index contributed by atoms with van der Waals surface area (Å²) in [6, 6.07) is 16.2. The number of anilines is 1. The summed E-state index contributed by atoms with van der Waals surface area (Å²) >= 11 is 0. The van der Waals surface area contributed by atoms with Gasteiger partial charge < -0.3 is 9.47 Å². The lowest BCUT2D eigenvalue weighted by Gasteiger charge is -2.41. The first-order valence-electron chi connectivity index (χ1n) is 12.6.